The summed E-state index contributed by atoms with van der Waals surface area (Å²) in [6, 6.07) is 0. The van der Waals surface area contributed by atoms with Gasteiger partial charge in [0.15, 0.2) is 5.69 Å². The van der Waals surface area contributed by atoms with Gasteiger partial charge >= 0.3 is 5.97 Å². The summed E-state index contributed by atoms with van der Waals surface area (Å²) in [6.07, 6.45) is 4.37. The topological polar surface area (TPSA) is 88.0 Å². The van der Waals surface area contributed by atoms with E-state index in [-0.39, 0.29) is 11.2 Å². The molecule has 0 atom stereocenters. The highest BCUT2D eigenvalue weighted by Crippen LogP contribution is 2.25. The second-order valence-electron chi connectivity index (χ2n) is 4.18. The third-order valence-corrected chi connectivity index (χ3v) is 3.38. The molecule has 0 radical (unpaired) electrons. The number of nitrogens with zero attached hydrogens (tertiary/aromatic N) is 3. The van der Waals surface area contributed by atoms with Gasteiger partial charge in [0.25, 0.3) is 0 Å². The summed E-state index contributed by atoms with van der Waals surface area (Å²) in [4.78, 5) is 22.7. The van der Waals surface area contributed by atoms with Gasteiger partial charge in [-0.1, -0.05) is 0 Å². The fourth-order valence-corrected chi connectivity index (χ4v) is 2.13. The molecule has 2 aromatic rings. The van der Waals surface area contributed by atoms with Gasteiger partial charge in [0, 0.05) is 11.6 Å². The molecular formula is C11H12N4O2S. The summed E-state index contributed by atoms with van der Waals surface area (Å²) >= 11 is 1.54. The van der Waals surface area contributed by atoms with E-state index in [9.17, 15) is 4.79 Å². The Morgan fingerprint density at radius 2 is 2.11 bits per heavy atom. The first-order valence-electron chi connectivity index (χ1n) is 5.22. The smallest absolute Gasteiger partial charge is 0.356 e. The fraction of sp³-hybridized carbons (Fsp3) is 0.273. The van der Waals surface area contributed by atoms with E-state index in [1.54, 1.807) is 17.5 Å². The predicted molar refractivity (Wildman–Crippen MR) is 67.8 cm³/mol. The lowest BCUT2D eigenvalue weighted by Gasteiger charge is -2.24. The number of anilines is 1. The summed E-state index contributed by atoms with van der Waals surface area (Å²) in [5.74, 6) is -0.576. The maximum absolute atomic E-state index is 10.7. The molecule has 0 saturated carbocycles. The molecule has 6 nitrogen and oxygen atoms in total. The summed E-state index contributed by atoms with van der Waals surface area (Å²) in [6.45, 7) is 3.94. The van der Waals surface area contributed by atoms with E-state index in [1.807, 2.05) is 19.2 Å². The van der Waals surface area contributed by atoms with Gasteiger partial charge in [0.1, 0.15) is 10.8 Å². The average Bonchev–Trinajstić information content (AvgIpc) is 2.83. The minimum Gasteiger partial charge on any atom is -0.476 e. The van der Waals surface area contributed by atoms with E-state index in [2.05, 4.69) is 20.3 Å². The van der Waals surface area contributed by atoms with Crippen LogP contribution in [0.15, 0.2) is 24.0 Å². The number of carboxylic acid groups (broad SMARTS) is 1. The van der Waals surface area contributed by atoms with Gasteiger partial charge in [-0.05, 0) is 13.8 Å². The van der Waals surface area contributed by atoms with Crippen LogP contribution in [0.2, 0.25) is 0 Å². The largest absolute Gasteiger partial charge is 0.476 e. The van der Waals surface area contributed by atoms with Crippen LogP contribution < -0.4 is 5.32 Å². The molecule has 7 heteroatoms. The van der Waals surface area contributed by atoms with Gasteiger partial charge in [-0.3, -0.25) is 0 Å². The SMILES string of the molecule is CC(C)(Nc1cnc(C(=O)O)cn1)c1nccs1. The van der Waals surface area contributed by atoms with Crippen LogP contribution in [0.5, 0.6) is 0 Å². The van der Waals surface area contributed by atoms with Gasteiger partial charge in [0.2, 0.25) is 0 Å². The van der Waals surface area contributed by atoms with E-state index in [0.717, 1.165) is 5.01 Å². The highest BCUT2D eigenvalue weighted by atomic mass is 32.1. The minimum atomic E-state index is -1.09. The Kier molecular flexibility index (Phi) is 3.24. The first-order valence-corrected chi connectivity index (χ1v) is 6.10. The second-order valence-corrected chi connectivity index (χ2v) is 5.07. The Morgan fingerprint density at radius 3 is 2.61 bits per heavy atom. The molecule has 0 spiro atoms. The monoisotopic (exact) mass is 264 g/mol. The first-order chi connectivity index (χ1) is 8.49. The Hall–Kier alpha value is -2.02. The summed E-state index contributed by atoms with van der Waals surface area (Å²) in [5, 5.41) is 14.7. The molecule has 0 aromatic carbocycles. The van der Waals surface area contributed by atoms with E-state index >= 15 is 0 Å². The molecule has 2 N–H and O–H groups in total. The highest BCUT2D eigenvalue weighted by Gasteiger charge is 2.23. The third kappa shape index (κ3) is 2.62. The van der Waals surface area contributed by atoms with Gasteiger partial charge in [-0.2, -0.15) is 0 Å². The second kappa shape index (κ2) is 4.69. The maximum atomic E-state index is 10.7. The molecule has 0 saturated heterocycles. The van der Waals surface area contributed by atoms with Crippen LogP contribution in [0, 0.1) is 0 Å². The van der Waals surface area contributed by atoms with Crippen LogP contribution in [-0.2, 0) is 5.54 Å². The van der Waals surface area contributed by atoms with Gasteiger partial charge in [0.05, 0.1) is 17.9 Å². The lowest BCUT2D eigenvalue weighted by atomic mass is 10.1. The van der Waals surface area contributed by atoms with Crippen molar-refractivity contribution in [2.45, 2.75) is 19.4 Å². The van der Waals surface area contributed by atoms with Crippen molar-refractivity contribution in [3.63, 3.8) is 0 Å². The van der Waals surface area contributed by atoms with Crippen LogP contribution in [0.3, 0.4) is 0 Å². The van der Waals surface area contributed by atoms with Crippen molar-refractivity contribution in [1.82, 2.24) is 15.0 Å². The molecule has 18 heavy (non-hydrogen) atoms. The number of hydrogen-bond acceptors (Lipinski definition) is 6. The van der Waals surface area contributed by atoms with Gasteiger partial charge < -0.3 is 10.4 Å². The Balaban J connectivity index is 2.16. The van der Waals surface area contributed by atoms with E-state index in [0.29, 0.717) is 5.82 Å². The zero-order valence-corrected chi connectivity index (χ0v) is 10.7. The molecule has 0 fully saturated rings. The third-order valence-electron chi connectivity index (χ3n) is 2.28. The first kappa shape index (κ1) is 12.4. The van der Waals surface area contributed by atoms with Crippen molar-refractivity contribution in [3.05, 3.63) is 34.7 Å². The van der Waals surface area contributed by atoms with Crippen LogP contribution in [0.25, 0.3) is 0 Å². The average molecular weight is 264 g/mol. The van der Waals surface area contributed by atoms with Crippen molar-refractivity contribution in [3.8, 4) is 0 Å². The molecular weight excluding hydrogens is 252 g/mol. The molecule has 2 aromatic heterocycles. The van der Waals surface area contributed by atoms with Crippen molar-refractivity contribution in [2.24, 2.45) is 0 Å². The lowest BCUT2D eigenvalue weighted by Crippen LogP contribution is -2.28. The number of aromatic nitrogens is 3. The molecule has 2 heterocycles. The van der Waals surface area contributed by atoms with Crippen molar-refractivity contribution >= 4 is 23.1 Å². The van der Waals surface area contributed by atoms with Crippen LogP contribution in [-0.4, -0.2) is 26.0 Å². The summed E-state index contributed by atoms with van der Waals surface area (Å²) in [5.41, 5.74) is -0.458. The molecule has 0 aliphatic carbocycles. The van der Waals surface area contributed by atoms with Crippen LogP contribution >= 0.6 is 11.3 Å². The number of aromatic carboxylic acids is 1. The highest BCUT2D eigenvalue weighted by molar-refractivity contribution is 7.09. The van der Waals surface area contributed by atoms with Gasteiger partial charge in [-0.15, -0.1) is 11.3 Å². The quantitative estimate of drug-likeness (QED) is 0.877. The minimum absolute atomic E-state index is 0.0763. The van der Waals surface area contributed by atoms with Crippen molar-refractivity contribution in [1.29, 1.82) is 0 Å². The Labute approximate surface area is 108 Å². The molecule has 0 amide bonds. The standard InChI is InChI=1S/C11H12N4O2S/c1-11(2,10-12-3-4-18-10)15-8-6-13-7(5-14-8)9(16)17/h3-6H,1-2H3,(H,14,15)(H,16,17). The lowest BCUT2D eigenvalue weighted by molar-refractivity contribution is 0.0690. The number of hydrogen-bond donors (Lipinski definition) is 2. The Bertz CT molecular complexity index is 537. The number of nitrogens with one attached hydrogen (secondary N) is 1. The maximum Gasteiger partial charge on any atom is 0.356 e. The van der Waals surface area contributed by atoms with Crippen molar-refractivity contribution in [2.75, 3.05) is 5.32 Å². The zero-order valence-electron chi connectivity index (χ0n) is 9.91. The summed E-state index contributed by atoms with van der Waals surface area (Å²) in [7, 11) is 0. The normalized spacial score (nSPS) is 11.2. The number of rotatable bonds is 4. The van der Waals surface area contributed by atoms with E-state index in [4.69, 9.17) is 5.11 Å². The Morgan fingerprint density at radius 1 is 1.33 bits per heavy atom. The van der Waals surface area contributed by atoms with Crippen molar-refractivity contribution < 1.29 is 9.90 Å². The number of thiazole rings is 1. The number of carboxylic acids is 1. The molecule has 0 unspecified atom stereocenters. The van der Waals surface area contributed by atoms with Crippen LogP contribution in [0.4, 0.5) is 5.82 Å². The predicted octanol–water partition coefficient (Wildman–Crippen LogP) is 1.98. The van der Waals surface area contributed by atoms with Gasteiger partial charge in [-0.25, -0.2) is 19.7 Å². The zero-order chi connectivity index (χ0) is 13.2. The number of carbonyl (C=O) groups is 1. The van der Waals surface area contributed by atoms with Crippen LogP contribution in [0.1, 0.15) is 29.3 Å². The fourth-order valence-electron chi connectivity index (χ4n) is 1.41. The summed E-state index contributed by atoms with van der Waals surface area (Å²) < 4.78 is 0. The molecule has 0 bridgehead atoms. The van der Waals surface area contributed by atoms with E-state index < -0.39 is 5.97 Å². The molecule has 0 aliphatic rings. The van der Waals surface area contributed by atoms with E-state index in [1.165, 1.54) is 12.4 Å². The molecule has 2 rings (SSSR count). The molecule has 0 aliphatic heterocycles. The molecule has 94 valence electrons.